The van der Waals surface area contributed by atoms with Crippen LogP contribution >= 0.6 is 0 Å². The molecule has 0 unspecified atom stereocenters. The van der Waals surface area contributed by atoms with Gasteiger partial charge in [-0.25, -0.2) is 0 Å². The Bertz CT molecular complexity index is 186. The second-order valence-electron chi connectivity index (χ2n) is 1.49. The van der Waals surface area contributed by atoms with Gasteiger partial charge in [0, 0.05) is 0 Å². The second kappa shape index (κ2) is 12.2. The molecule has 0 spiro atoms. The molecule has 74 valence electrons. The van der Waals surface area contributed by atoms with Crippen LogP contribution in [0.2, 0.25) is 0 Å². The van der Waals surface area contributed by atoms with Crippen LogP contribution in [0.3, 0.4) is 0 Å². The fraction of sp³-hybridized carbons (Fsp3) is 0.200. The molecule has 14 heavy (non-hydrogen) atoms. The topological polar surface area (TPSA) is 86.7 Å². The summed E-state index contributed by atoms with van der Waals surface area (Å²) in [6.45, 7) is 3.07. The van der Waals surface area contributed by atoms with Gasteiger partial charge in [-0.3, -0.25) is 9.59 Å². The van der Waals surface area contributed by atoms with Gasteiger partial charge in [0.15, 0.2) is 0 Å². The molecular weight excluding hydrogens is 196 g/mol. The van der Waals surface area contributed by atoms with E-state index >= 15 is 0 Å². The van der Waals surface area contributed by atoms with Gasteiger partial charge in [-0.1, -0.05) is 6.58 Å². The minimum atomic E-state index is -3.42. The Morgan fingerprint density at radius 2 is 1.93 bits per heavy atom. The maximum absolute atomic E-state index is 10.2. The van der Waals surface area contributed by atoms with Crippen molar-refractivity contribution >= 4 is 19.4 Å². The number of aliphatic carboxylic acids is 1. The van der Waals surface area contributed by atoms with Crippen LogP contribution in [-0.2, 0) is 14.3 Å². The summed E-state index contributed by atoms with van der Waals surface area (Å²) in [6, 6.07) is 0. The van der Waals surface area contributed by atoms with Gasteiger partial charge in [-0.2, -0.15) is 0 Å². The van der Waals surface area contributed by atoms with Gasteiger partial charge in [0.25, 0.3) is 0 Å². The number of hydrogen-bond donors (Lipinski definition) is 1. The predicted molar refractivity (Wildman–Crippen MR) is 36.5 cm³/mol. The molecule has 0 aliphatic carbocycles. The van der Waals surface area contributed by atoms with Crippen LogP contribution in [0.1, 0.15) is 6.42 Å². The zero-order chi connectivity index (χ0) is 10.9. The number of carboxylic acids is 1. The molecule has 0 radical (unpaired) electrons. The first-order valence-corrected chi connectivity index (χ1v) is 2.86. The maximum Gasteiger partial charge on any atom is 1.00 e. The average Bonchev–Trinajstić information content (AvgIpc) is 1.83. The van der Waals surface area contributed by atoms with Crippen LogP contribution in [0.15, 0.2) is 12.8 Å². The first-order chi connectivity index (χ1) is 5.90. The summed E-state index contributed by atoms with van der Waals surface area (Å²) >= 11 is 0. The minimum absolute atomic E-state index is 0. The molecule has 1 N–H and O–H groups in total. The standard InChI is InChI=1S/C5H6O4.BF2O.Li/c1-2-9-5(8)3-4(6)7;2-1(3)4;/h2H,1,3H2,(H,6,7);;/q;-1;+1. The molecule has 0 aromatic rings. The molecular formula is C5H6BF2LiO5. The van der Waals surface area contributed by atoms with E-state index in [1.807, 2.05) is 0 Å². The number of carbonyl (C=O) groups excluding carboxylic acids is 1. The van der Waals surface area contributed by atoms with E-state index in [1.54, 1.807) is 0 Å². The van der Waals surface area contributed by atoms with E-state index in [-0.39, 0.29) is 18.9 Å². The number of ether oxygens (including phenoxy) is 1. The van der Waals surface area contributed by atoms with Crippen LogP contribution in [0, 0.1) is 0 Å². The van der Waals surface area contributed by atoms with Gasteiger partial charge in [0.2, 0.25) is 0 Å². The molecule has 0 aliphatic rings. The monoisotopic (exact) mass is 202 g/mol. The largest absolute Gasteiger partial charge is 1.00 e. The third-order valence-electron chi connectivity index (χ3n) is 0.510. The molecule has 0 aromatic carbocycles. The zero-order valence-electron chi connectivity index (χ0n) is 7.41. The smallest absolute Gasteiger partial charge is 0.824 e. The molecule has 0 amide bonds. The Labute approximate surface area is 91.1 Å². The fourth-order valence-corrected chi connectivity index (χ4v) is 0.258. The normalized spacial score (nSPS) is 7.07. The van der Waals surface area contributed by atoms with Crippen molar-refractivity contribution in [3.8, 4) is 0 Å². The molecule has 0 rings (SSSR count). The number of hydrogen-bond acceptors (Lipinski definition) is 4. The van der Waals surface area contributed by atoms with Gasteiger partial charge >= 0.3 is 38.3 Å². The maximum atomic E-state index is 10.2. The molecule has 0 fully saturated rings. The summed E-state index contributed by atoms with van der Waals surface area (Å²) in [7, 11) is -3.42. The molecule has 0 saturated carbocycles. The van der Waals surface area contributed by atoms with E-state index in [9.17, 15) is 18.2 Å². The molecule has 0 aliphatic heterocycles. The first-order valence-electron chi connectivity index (χ1n) is 2.86. The fourth-order valence-electron chi connectivity index (χ4n) is 0.258. The molecule has 0 atom stereocenters. The Morgan fingerprint density at radius 3 is 2.14 bits per heavy atom. The number of rotatable bonds is 3. The molecule has 0 bridgehead atoms. The van der Waals surface area contributed by atoms with Crippen molar-refractivity contribution in [2.24, 2.45) is 0 Å². The van der Waals surface area contributed by atoms with Crippen molar-refractivity contribution in [2.75, 3.05) is 0 Å². The number of carbonyl (C=O) groups is 2. The third-order valence-corrected chi connectivity index (χ3v) is 0.510. The predicted octanol–water partition coefficient (Wildman–Crippen LogP) is -3.58. The molecule has 0 aromatic heterocycles. The van der Waals surface area contributed by atoms with E-state index < -0.39 is 25.8 Å². The first kappa shape index (κ1) is 18.9. The van der Waals surface area contributed by atoms with E-state index in [0.717, 1.165) is 6.26 Å². The SMILES string of the molecule is C=COC(=O)CC(=O)O.[Li+].[O-]B(F)F. The number of carboxylic acid groups (broad SMARTS) is 1. The summed E-state index contributed by atoms with van der Waals surface area (Å²) < 4.78 is 23.7. The van der Waals surface area contributed by atoms with Crippen LogP contribution in [0.5, 0.6) is 0 Å². The quantitative estimate of drug-likeness (QED) is 0.221. The van der Waals surface area contributed by atoms with Crippen LogP contribution in [-0.4, -0.2) is 24.5 Å². The number of halogens is 2. The van der Waals surface area contributed by atoms with E-state index in [1.165, 1.54) is 0 Å². The van der Waals surface area contributed by atoms with Gasteiger partial charge in [0.05, 0.1) is 6.26 Å². The van der Waals surface area contributed by atoms with Crippen LogP contribution in [0.25, 0.3) is 0 Å². The minimum Gasteiger partial charge on any atom is -0.824 e. The third kappa shape index (κ3) is 30.4. The van der Waals surface area contributed by atoms with Crippen molar-refractivity contribution < 1.29 is 51.9 Å². The van der Waals surface area contributed by atoms with Gasteiger partial charge in [-0.15, -0.1) is 0 Å². The Morgan fingerprint density at radius 1 is 1.57 bits per heavy atom. The Kier molecular flexibility index (Phi) is 16.4. The van der Waals surface area contributed by atoms with Crippen molar-refractivity contribution in [1.82, 2.24) is 0 Å². The Hall–Kier alpha value is -0.838. The van der Waals surface area contributed by atoms with Crippen molar-refractivity contribution in [2.45, 2.75) is 6.42 Å². The summed E-state index contributed by atoms with van der Waals surface area (Å²) in [5, 5.41) is 16.2. The summed E-state index contributed by atoms with van der Waals surface area (Å²) in [4.78, 5) is 19.9. The number of esters is 1. The van der Waals surface area contributed by atoms with E-state index in [2.05, 4.69) is 11.3 Å². The van der Waals surface area contributed by atoms with Crippen molar-refractivity contribution in [3.05, 3.63) is 12.8 Å². The summed E-state index contributed by atoms with van der Waals surface area (Å²) in [6.07, 6.45) is 0.275. The Balaban J connectivity index is -0.000000209. The van der Waals surface area contributed by atoms with Gasteiger partial charge in [0.1, 0.15) is 6.42 Å². The second-order valence-corrected chi connectivity index (χ2v) is 1.49. The van der Waals surface area contributed by atoms with E-state index in [0.29, 0.717) is 0 Å². The van der Waals surface area contributed by atoms with Gasteiger partial charge < -0.3 is 23.5 Å². The van der Waals surface area contributed by atoms with Crippen LogP contribution in [0.4, 0.5) is 8.63 Å². The van der Waals surface area contributed by atoms with Crippen LogP contribution < -0.4 is 23.9 Å². The zero-order valence-corrected chi connectivity index (χ0v) is 7.41. The van der Waals surface area contributed by atoms with Crippen molar-refractivity contribution in [1.29, 1.82) is 0 Å². The molecule has 5 nitrogen and oxygen atoms in total. The molecule has 0 saturated heterocycles. The molecule has 0 heterocycles. The average molecular weight is 202 g/mol. The van der Waals surface area contributed by atoms with E-state index in [4.69, 9.17) is 10.1 Å². The summed E-state index contributed by atoms with van der Waals surface area (Å²) in [5.41, 5.74) is 0. The summed E-state index contributed by atoms with van der Waals surface area (Å²) in [5.74, 6) is -2.01. The van der Waals surface area contributed by atoms with Gasteiger partial charge in [-0.05, 0) is 0 Å². The molecule has 9 heteroatoms. The van der Waals surface area contributed by atoms with Crippen molar-refractivity contribution in [3.63, 3.8) is 0 Å².